The Morgan fingerprint density at radius 2 is 2.17 bits per heavy atom. The van der Waals surface area contributed by atoms with Crippen LogP contribution < -0.4 is 5.73 Å². The quantitative estimate of drug-likeness (QED) is 0.750. The molecule has 0 aliphatic heterocycles. The number of imidazole rings is 1. The molecule has 3 rings (SSSR count). The Morgan fingerprint density at radius 3 is 2.89 bits per heavy atom. The molecule has 1 aromatic carbocycles. The maximum absolute atomic E-state index is 6.21. The van der Waals surface area contributed by atoms with Gasteiger partial charge in [-0.2, -0.15) is 0 Å². The maximum atomic E-state index is 6.21. The van der Waals surface area contributed by atoms with Gasteiger partial charge in [0.05, 0.1) is 18.2 Å². The fourth-order valence-corrected chi connectivity index (χ4v) is 2.15. The second kappa shape index (κ2) is 3.99. The second-order valence-electron chi connectivity index (χ2n) is 4.60. The molecule has 2 heterocycles. The van der Waals surface area contributed by atoms with E-state index in [1.54, 1.807) is 12.5 Å². The van der Waals surface area contributed by atoms with Gasteiger partial charge in [-0.15, -0.1) is 0 Å². The van der Waals surface area contributed by atoms with Gasteiger partial charge in [-0.25, -0.2) is 4.98 Å². The van der Waals surface area contributed by atoms with E-state index in [1.807, 2.05) is 29.8 Å². The van der Waals surface area contributed by atoms with Gasteiger partial charge in [-0.05, 0) is 25.1 Å². The van der Waals surface area contributed by atoms with Crippen molar-refractivity contribution in [3.05, 3.63) is 53.8 Å². The molecule has 0 aliphatic carbocycles. The maximum Gasteiger partial charge on any atom is 0.134 e. The molecule has 0 fully saturated rings. The molecule has 0 saturated heterocycles. The Labute approximate surface area is 105 Å². The van der Waals surface area contributed by atoms with Crippen LogP contribution in [0.1, 0.15) is 23.1 Å². The molecule has 0 aliphatic rings. The van der Waals surface area contributed by atoms with Crippen molar-refractivity contribution in [2.75, 3.05) is 0 Å². The van der Waals surface area contributed by atoms with Crippen molar-refractivity contribution in [2.45, 2.75) is 13.0 Å². The van der Waals surface area contributed by atoms with Crippen molar-refractivity contribution in [1.29, 1.82) is 0 Å². The van der Waals surface area contributed by atoms with E-state index in [4.69, 9.17) is 10.2 Å². The Bertz CT molecular complexity index is 696. The minimum atomic E-state index is -0.287. The van der Waals surface area contributed by atoms with E-state index in [-0.39, 0.29) is 6.04 Å². The summed E-state index contributed by atoms with van der Waals surface area (Å²) in [4.78, 5) is 4.08. The Hall–Kier alpha value is -2.07. The summed E-state index contributed by atoms with van der Waals surface area (Å²) in [6, 6.07) is 7.82. The van der Waals surface area contributed by atoms with Crippen LogP contribution in [-0.2, 0) is 7.05 Å². The van der Waals surface area contributed by atoms with Crippen LogP contribution in [0, 0.1) is 6.92 Å². The van der Waals surface area contributed by atoms with E-state index in [0.717, 1.165) is 22.4 Å². The Kier molecular flexibility index (Phi) is 2.45. The van der Waals surface area contributed by atoms with Crippen molar-refractivity contribution in [3.8, 4) is 0 Å². The first-order valence-electron chi connectivity index (χ1n) is 5.87. The number of aryl methyl sites for hydroxylation is 2. The fourth-order valence-electron chi connectivity index (χ4n) is 2.15. The average molecular weight is 241 g/mol. The van der Waals surface area contributed by atoms with Crippen molar-refractivity contribution < 1.29 is 4.42 Å². The first-order valence-corrected chi connectivity index (χ1v) is 5.87. The third-order valence-corrected chi connectivity index (χ3v) is 3.17. The van der Waals surface area contributed by atoms with E-state index in [2.05, 4.69) is 18.0 Å². The number of nitrogens with zero attached hydrogens (tertiary/aromatic N) is 2. The largest absolute Gasteiger partial charge is 0.459 e. The topological polar surface area (TPSA) is 57.0 Å². The molecule has 4 heteroatoms. The molecule has 0 saturated carbocycles. The molecule has 0 radical (unpaired) electrons. The van der Waals surface area contributed by atoms with Gasteiger partial charge in [0.2, 0.25) is 0 Å². The molecule has 92 valence electrons. The molecule has 0 bridgehead atoms. The van der Waals surface area contributed by atoms with Crippen LogP contribution in [0.25, 0.3) is 11.0 Å². The van der Waals surface area contributed by atoms with Crippen molar-refractivity contribution >= 4 is 11.0 Å². The van der Waals surface area contributed by atoms with Gasteiger partial charge in [0.1, 0.15) is 17.4 Å². The highest BCUT2D eigenvalue weighted by Crippen LogP contribution is 2.26. The minimum Gasteiger partial charge on any atom is -0.459 e. The summed E-state index contributed by atoms with van der Waals surface area (Å²) >= 11 is 0. The third-order valence-electron chi connectivity index (χ3n) is 3.17. The average Bonchev–Trinajstić information content (AvgIpc) is 2.93. The number of hydrogen-bond acceptors (Lipinski definition) is 3. The molecule has 1 atom stereocenters. The number of fused-ring (bicyclic) bond motifs is 1. The highest BCUT2D eigenvalue weighted by molar-refractivity contribution is 5.78. The van der Waals surface area contributed by atoms with Crippen LogP contribution in [-0.4, -0.2) is 9.55 Å². The van der Waals surface area contributed by atoms with Crippen LogP contribution in [0.3, 0.4) is 0 Å². The van der Waals surface area contributed by atoms with Gasteiger partial charge in [-0.1, -0.05) is 11.6 Å². The third kappa shape index (κ3) is 1.71. The van der Waals surface area contributed by atoms with E-state index in [9.17, 15) is 0 Å². The summed E-state index contributed by atoms with van der Waals surface area (Å²) in [5, 5.41) is 1.09. The zero-order valence-corrected chi connectivity index (χ0v) is 10.4. The summed E-state index contributed by atoms with van der Waals surface area (Å²) in [5.74, 6) is 0.763. The summed E-state index contributed by atoms with van der Waals surface area (Å²) in [7, 11) is 1.93. The highest BCUT2D eigenvalue weighted by atomic mass is 16.3. The Morgan fingerprint density at radius 1 is 1.33 bits per heavy atom. The standard InChI is InChI=1S/C14H15N3O/c1-9-3-4-12-10(5-9)6-13(18-12)14(15)11-7-16-8-17(11)2/h3-8,14H,15H2,1-2H3. The summed E-state index contributed by atoms with van der Waals surface area (Å²) in [6.07, 6.45) is 3.51. The van der Waals surface area contributed by atoms with E-state index >= 15 is 0 Å². The molecule has 3 aromatic rings. The predicted octanol–water partition coefficient (Wildman–Crippen LogP) is 2.52. The number of rotatable bonds is 2. The first kappa shape index (κ1) is 11.0. The summed E-state index contributed by atoms with van der Waals surface area (Å²) in [6.45, 7) is 2.06. The number of hydrogen-bond donors (Lipinski definition) is 1. The van der Waals surface area contributed by atoms with E-state index < -0.39 is 0 Å². The Balaban J connectivity index is 2.07. The van der Waals surface area contributed by atoms with Crippen LogP contribution in [0.4, 0.5) is 0 Å². The number of nitrogens with two attached hydrogens (primary N) is 1. The molecule has 1 unspecified atom stereocenters. The van der Waals surface area contributed by atoms with Crippen molar-refractivity contribution in [2.24, 2.45) is 12.8 Å². The monoisotopic (exact) mass is 241 g/mol. The molecule has 0 spiro atoms. The molecular formula is C14H15N3O. The van der Waals surface area contributed by atoms with Crippen LogP contribution in [0.5, 0.6) is 0 Å². The van der Waals surface area contributed by atoms with E-state index in [1.165, 1.54) is 5.56 Å². The van der Waals surface area contributed by atoms with Crippen molar-refractivity contribution in [1.82, 2.24) is 9.55 Å². The van der Waals surface area contributed by atoms with Gasteiger partial charge >= 0.3 is 0 Å². The molecule has 4 nitrogen and oxygen atoms in total. The second-order valence-corrected chi connectivity index (χ2v) is 4.60. The number of benzene rings is 1. The lowest BCUT2D eigenvalue weighted by molar-refractivity contribution is 0.515. The van der Waals surface area contributed by atoms with Crippen LogP contribution in [0.15, 0.2) is 41.2 Å². The lowest BCUT2D eigenvalue weighted by Crippen LogP contribution is -2.14. The zero-order valence-electron chi connectivity index (χ0n) is 10.4. The summed E-state index contributed by atoms with van der Waals surface area (Å²) in [5.41, 5.74) is 9.23. The number of aromatic nitrogens is 2. The zero-order chi connectivity index (χ0) is 12.7. The van der Waals surface area contributed by atoms with Crippen molar-refractivity contribution in [3.63, 3.8) is 0 Å². The minimum absolute atomic E-state index is 0.287. The van der Waals surface area contributed by atoms with Gasteiger partial charge in [0.25, 0.3) is 0 Å². The highest BCUT2D eigenvalue weighted by Gasteiger charge is 2.16. The number of furan rings is 1. The summed E-state index contributed by atoms with van der Waals surface area (Å²) < 4.78 is 7.70. The van der Waals surface area contributed by atoms with Gasteiger partial charge in [0, 0.05) is 12.4 Å². The molecule has 18 heavy (non-hydrogen) atoms. The molecule has 2 N–H and O–H groups in total. The SMILES string of the molecule is Cc1ccc2oc(C(N)c3cncn3C)cc2c1. The molecular weight excluding hydrogens is 226 g/mol. The molecule has 2 aromatic heterocycles. The van der Waals surface area contributed by atoms with Gasteiger partial charge in [0.15, 0.2) is 0 Å². The van der Waals surface area contributed by atoms with Gasteiger partial charge < -0.3 is 14.7 Å². The fraction of sp³-hybridized carbons (Fsp3) is 0.214. The molecule has 0 amide bonds. The normalized spacial score (nSPS) is 13.1. The van der Waals surface area contributed by atoms with E-state index in [0.29, 0.717) is 0 Å². The first-order chi connectivity index (χ1) is 8.65. The van der Waals surface area contributed by atoms with Crippen LogP contribution in [0.2, 0.25) is 0 Å². The lowest BCUT2D eigenvalue weighted by Gasteiger charge is -2.08. The smallest absolute Gasteiger partial charge is 0.134 e. The van der Waals surface area contributed by atoms with Crippen LogP contribution >= 0.6 is 0 Å². The predicted molar refractivity (Wildman–Crippen MR) is 70.2 cm³/mol. The lowest BCUT2D eigenvalue weighted by atomic mass is 10.1. The van der Waals surface area contributed by atoms with Gasteiger partial charge in [-0.3, -0.25) is 0 Å².